The van der Waals surface area contributed by atoms with Gasteiger partial charge in [0.2, 0.25) is 5.91 Å². The molecule has 2 amide bonds. The van der Waals surface area contributed by atoms with Gasteiger partial charge < -0.3 is 14.9 Å². The number of aromatic nitrogens is 2. The molecule has 0 unspecified atom stereocenters. The van der Waals surface area contributed by atoms with E-state index in [1.165, 1.54) is 6.07 Å². The van der Waals surface area contributed by atoms with E-state index < -0.39 is 0 Å². The van der Waals surface area contributed by atoms with E-state index in [2.05, 4.69) is 10.2 Å². The molecule has 7 heteroatoms. The molecule has 5 rings (SSSR count). The quantitative estimate of drug-likeness (QED) is 0.720. The van der Waals surface area contributed by atoms with Gasteiger partial charge in [0.1, 0.15) is 5.75 Å². The summed E-state index contributed by atoms with van der Waals surface area (Å²) in [5.74, 6) is -0.142. The van der Waals surface area contributed by atoms with Crippen LogP contribution in [0.2, 0.25) is 0 Å². The molecule has 0 atom stereocenters. The first-order valence-corrected chi connectivity index (χ1v) is 9.94. The number of aromatic hydroxyl groups is 1. The fourth-order valence-electron chi connectivity index (χ4n) is 4.26. The summed E-state index contributed by atoms with van der Waals surface area (Å²) < 4.78 is 0. The third-order valence-corrected chi connectivity index (χ3v) is 5.88. The summed E-state index contributed by atoms with van der Waals surface area (Å²) in [6, 6.07) is 11.2. The van der Waals surface area contributed by atoms with Crippen LogP contribution in [0.1, 0.15) is 46.4 Å². The molecular weight excluding hydrogens is 368 g/mol. The molecular formula is C22H22N4O3. The van der Waals surface area contributed by atoms with Crippen LogP contribution in [0.5, 0.6) is 5.75 Å². The highest BCUT2D eigenvalue weighted by atomic mass is 16.3. The largest absolute Gasteiger partial charge is 0.507 e. The van der Waals surface area contributed by atoms with Crippen LogP contribution in [0, 0.1) is 0 Å². The van der Waals surface area contributed by atoms with Crippen molar-refractivity contribution in [1.82, 2.24) is 20.0 Å². The molecule has 1 aromatic heterocycles. The zero-order chi connectivity index (χ0) is 20.0. The number of phenols is 1. The number of fused-ring (bicyclic) bond motifs is 2. The predicted octanol–water partition coefficient (Wildman–Crippen LogP) is 2.94. The average Bonchev–Trinajstić information content (AvgIpc) is 3.32. The van der Waals surface area contributed by atoms with E-state index in [0.717, 1.165) is 41.6 Å². The van der Waals surface area contributed by atoms with Crippen molar-refractivity contribution in [3.8, 4) is 5.75 Å². The molecule has 0 bridgehead atoms. The zero-order valence-corrected chi connectivity index (χ0v) is 16.0. The van der Waals surface area contributed by atoms with Crippen LogP contribution in [0.15, 0.2) is 36.4 Å². The SMILES string of the molecule is O=C1CCCCN1Cc1[nH]nc2cc(O)c(C(=O)N3Cc4ccccc4C3)cc12. The van der Waals surface area contributed by atoms with Gasteiger partial charge in [-0.1, -0.05) is 24.3 Å². The summed E-state index contributed by atoms with van der Waals surface area (Å²) in [7, 11) is 0. The number of likely N-dealkylation sites (tertiary alicyclic amines) is 1. The molecule has 2 N–H and O–H groups in total. The van der Waals surface area contributed by atoms with Gasteiger partial charge in [-0.05, 0) is 30.0 Å². The number of H-pyrrole nitrogens is 1. The molecule has 1 saturated heterocycles. The number of phenolic OH excluding ortho intramolecular Hbond substituents is 1. The number of hydrogen-bond acceptors (Lipinski definition) is 4. The van der Waals surface area contributed by atoms with Crippen LogP contribution in [0.25, 0.3) is 10.9 Å². The molecule has 3 aromatic rings. The van der Waals surface area contributed by atoms with Crippen molar-refractivity contribution in [2.75, 3.05) is 6.54 Å². The third kappa shape index (κ3) is 3.12. The van der Waals surface area contributed by atoms with Gasteiger partial charge in [0, 0.05) is 37.5 Å². The fraction of sp³-hybridized carbons (Fsp3) is 0.318. The lowest BCUT2D eigenvalue weighted by Crippen LogP contribution is -2.34. The maximum Gasteiger partial charge on any atom is 0.258 e. The first-order chi connectivity index (χ1) is 14.1. The molecule has 0 radical (unpaired) electrons. The minimum atomic E-state index is -0.207. The molecule has 0 saturated carbocycles. The Morgan fingerprint density at radius 2 is 1.90 bits per heavy atom. The number of hydrogen-bond donors (Lipinski definition) is 2. The highest BCUT2D eigenvalue weighted by molar-refractivity contribution is 6.01. The molecule has 0 aliphatic carbocycles. The van der Waals surface area contributed by atoms with Gasteiger partial charge in [0.25, 0.3) is 5.91 Å². The van der Waals surface area contributed by atoms with Gasteiger partial charge in [0.05, 0.1) is 23.3 Å². The minimum Gasteiger partial charge on any atom is -0.507 e. The van der Waals surface area contributed by atoms with Crippen molar-refractivity contribution in [2.45, 2.75) is 38.9 Å². The van der Waals surface area contributed by atoms with Crippen molar-refractivity contribution in [2.24, 2.45) is 0 Å². The summed E-state index contributed by atoms with van der Waals surface area (Å²) >= 11 is 0. The molecule has 7 nitrogen and oxygen atoms in total. The summed E-state index contributed by atoms with van der Waals surface area (Å²) in [5.41, 5.74) is 3.90. The van der Waals surface area contributed by atoms with E-state index in [0.29, 0.717) is 31.6 Å². The minimum absolute atomic E-state index is 0.0782. The summed E-state index contributed by atoms with van der Waals surface area (Å²) in [6.45, 7) is 2.23. The lowest BCUT2D eigenvalue weighted by Gasteiger charge is -2.26. The molecule has 148 valence electrons. The number of rotatable bonds is 3. The average molecular weight is 390 g/mol. The molecule has 2 aliphatic rings. The molecule has 0 spiro atoms. The van der Waals surface area contributed by atoms with Crippen molar-refractivity contribution in [1.29, 1.82) is 0 Å². The Kier molecular flexibility index (Phi) is 4.23. The molecule has 29 heavy (non-hydrogen) atoms. The van der Waals surface area contributed by atoms with Crippen LogP contribution in [-0.2, 0) is 24.4 Å². The smallest absolute Gasteiger partial charge is 0.258 e. The zero-order valence-electron chi connectivity index (χ0n) is 16.0. The number of carbonyl (C=O) groups is 2. The van der Waals surface area contributed by atoms with E-state index in [-0.39, 0.29) is 23.1 Å². The number of benzene rings is 2. The van der Waals surface area contributed by atoms with Crippen molar-refractivity contribution < 1.29 is 14.7 Å². The number of piperidine rings is 1. The predicted molar refractivity (Wildman–Crippen MR) is 107 cm³/mol. The number of nitrogens with one attached hydrogen (secondary N) is 1. The Morgan fingerprint density at radius 3 is 2.62 bits per heavy atom. The van der Waals surface area contributed by atoms with Gasteiger partial charge in [-0.15, -0.1) is 0 Å². The Labute approximate surface area is 167 Å². The van der Waals surface area contributed by atoms with Crippen molar-refractivity contribution in [3.63, 3.8) is 0 Å². The van der Waals surface area contributed by atoms with Crippen LogP contribution in [0.4, 0.5) is 0 Å². The Morgan fingerprint density at radius 1 is 1.14 bits per heavy atom. The second-order valence-corrected chi connectivity index (χ2v) is 7.79. The van der Waals surface area contributed by atoms with Gasteiger partial charge in [0.15, 0.2) is 0 Å². The van der Waals surface area contributed by atoms with Gasteiger partial charge in [-0.3, -0.25) is 14.7 Å². The molecule has 2 aliphatic heterocycles. The molecule has 1 fully saturated rings. The topological polar surface area (TPSA) is 89.5 Å². The third-order valence-electron chi connectivity index (χ3n) is 5.88. The van der Waals surface area contributed by atoms with E-state index >= 15 is 0 Å². The van der Waals surface area contributed by atoms with Gasteiger partial charge in [-0.2, -0.15) is 5.10 Å². The maximum absolute atomic E-state index is 13.1. The Balaban J connectivity index is 1.44. The van der Waals surface area contributed by atoms with E-state index in [1.54, 1.807) is 11.0 Å². The highest BCUT2D eigenvalue weighted by Crippen LogP contribution is 2.31. The summed E-state index contributed by atoms with van der Waals surface area (Å²) in [6.07, 6.45) is 2.51. The standard InChI is InChI=1S/C22H22N4O3/c27-20-10-18-16(19(24-23-18)13-25-8-4-3-7-21(25)28)9-17(20)22(29)26-11-14-5-1-2-6-15(14)12-26/h1-2,5-6,9-10,27H,3-4,7-8,11-13H2,(H,23,24). The Bertz CT molecular complexity index is 1100. The van der Waals surface area contributed by atoms with Crippen LogP contribution < -0.4 is 0 Å². The second-order valence-electron chi connectivity index (χ2n) is 7.79. The highest BCUT2D eigenvalue weighted by Gasteiger charge is 2.27. The van der Waals surface area contributed by atoms with Crippen LogP contribution in [-0.4, -0.2) is 43.5 Å². The number of amides is 2. The van der Waals surface area contributed by atoms with Crippen LogP contribution in [0.3, 0.4) is 0 Å². The number of nitrogens with zero attached hydrogens (tertiary/aromatic N) is 3. The molecule has 2 aromatic carbocycles. The van der Waals surface area contributed by atoms with Crippen molar-refractivity contribution in [3.05, 3.63) is 58.8 Å². The monoisotopic (exact) mass is 390 g/mol. The lowest BCUT2D eigenvalue weighted by atomic mass is 10.1. The summed E-state index contributed by atoms with van der Waals surface area (Å²) in [5, 5.41) is 18.5. The summed E-state index contributed by atoms with van der Waals surface area (Å²) in [4.78, 5) is 28.8. The van der Waals surface area contributed by atoms with Crippen LogP contribution >= 0.6 is 0 Å². The van der Waals surface area contributed by atoms with Gasteiger partial charge >= 0.3 is 0 Å². The van der Waals surface area contributed by atoms with E-state index in [9.17, 15) is 14.7 Å². The number of carbonyl (C=O) groups excluding carboxylic acids is 2. The first kappa shape index (κ1) is 17.7. The Hall–Kier alpha value is -3.35. The van der Waals surface area contributed by atoms with Gasteiger partial charge in [-0.25, -0.2) is 0 Å². The molecule has 3 heterocycles. The number of aromatic amines is 1. The lowest BCUT2D eigenvalue weighted by molar-refractivity contribution is -0.133. The van der Waals surface area contributed by atoms with E-state index in [4.69, 9.17) is 0 Å². The fourth-order valence-corrected chi connectivity index (χ4v) is 4.26. The first-order valence-electron chi connectivity index (χ1n) is 9.94. The maximum atomic E-state index is 13.1. The normalized spacial score (nSPS) is 16.5. The van der Waals surface area contributed by atoms with Crippen molar-refractivity contribution >= 4 is 22.7 Å². The van der Waals surface area contributed by atoms with E-state index in [1.807, 2.05) is 29.2 Å². The second kappa shape index (κ2) is 6.92.